The van der Waals surface area contributed by atoms with Gasteiger partial charge in [0.25, 0.3) is 5.92 Å². The van der Waals surface area contributed by atoms with Gasteiger partial charge in [0.1, 0.15) is 0 Å². The lowest BCUT2D eigenvalue weighted by Crippen LogP contribution is -2.28. The number of rotatable bonds is 5. The molecule has 0 amide bonds. The zero-order valence-corrected chi connectivity index (χ0v) is 16.2. The summed E-state index contributed by atoms with van der Waals surface area (Å²) in [4.78, 5) is 4.39. The highest BCUT2D eigenvalue weighted by atomic mass is 19.4. The first-order chi connectivity index (χ1) is 13.5. The Balaban J connectivity index is 1.75. The molecule has 1 saturated heterocycles. The van der Waals surface area contributed by atoms with Crippen molar-refractivity contribution in [3.63, 3.8) is 0 Å². The van der Waals surface area contributed by atoms with Crippen LogP contribution in [0.3, 0.4) is 0 Å². The minimum atomic E-state index is -4.69. The highest BCUT2D eigenvalue weighted by Gasteiger charge is 2.34. The molecule has 3 rings (SSSR count). The predicted octanol–water partition coefficient (Wildman–Crippen LogP) is 5.92. The van der Waals surface area contributed by atoms with Gasteiger partial charge in [-0.3, -0.25) is 4.99 Å². The predicted molar refractivity (Wildman–Crippen MR) is 103 cm³/mol. The molecule has 0 bridgehead atoms. The minimum Gasteiger partial charge on any atom is -0.308 e. The van der Waals surface area contributed by atoms with Gasteiger partial charge in [-0.15, -0.1) is 0 Å². The molecule has 0 aliphatic carbocycles. The topological polar surface area (TPSA) is 24.4 Å². The molecule has 2 aromatic rings. The summed E-state index contributed by atoms with van der Waals surface area (Å²) >= 11 is 0. The average molecular weight is 410 g/mol. The Hall–Kier alpha value is -2.28. The number of benzene rings is 2. The summed E-state index contributed by atoms with van der Waals surface area (Å²) in [6.45, 7) is 3.12. The fourth-order valence-corrected chi connectivity index (χ4v) is 3.56. The zero-order valence-electron chi connectivity index (χ0n) is 16.2. The summed E-state index contributed by atoms with van der Waals surface area (Å²) < 4.78 is 66.6. The first-order valence-electron chi connectivity index (χ1n) is 9.43. The Kier molecular flexibility index (Phi) is 6.08. The van der Waals surface area contributed by atoms with Crippen LogP contribution in [0.15, 0.2) is 53.5 Å². The van der Waals surface area contributed by atoms with E-state index in [1.54, 1.807) is 0 Å². The molecule has 0 spiro atoms. The maximum absolute atomic E-state index is 13.6. The van der Waals surface area contributed by atoms with Crippen LogP contribution in [0.2, 0.25) is 0 Å². The number of halogens is 5. The van der Waals surface area contributed by atoms with Crippen LogP contribution in [-0.4, -0.2) is 18.3 Å². The molecule has 0 saturated carbocycles. The van der Waals surface area contributed by atoms with Crippen LogP contribution >= 0.6 is 0 Å². The van der Waals surface area contributed by atoms with E-state index in [0.717, 1.165) is 30.8 Å². The summed E-state index contributed by atoms with van der Waals surface area (Å²) in [5, 5.41) is 3.38. The van der Waals surface area contributed by atoms with Crippen LogP contribution in [0, 0.1) is 0 Å². The van der Waals surface area contributed by atoms with Crippen molar-refractivity contribution in [3.05, 3.63) is 70.8 Å². The SMILES string of the molecule is CC(=NCc1cc(C(C)(F)F)cc(C(F)(F)F)c1)C1CC(c2ccccc2)CN1. The van der Waals surface area contributed by atoms with Gasteiger partial charge >= 0.3 is 6.18 Å². The normalized spacial score (nSPS) is 20.9. The van der Waals surface area contributed by atoms with Crippen molar-refractivity contribution in [1.82, 2.24) is 5.32 Å². The van der Waals surface area contributed by atoms with Crippen molar-refractivity contribution in [2.45, 2.75) is 50.9 Å². The highest BCUT2D eigenvalue weighted by Crippen LogP contribution is 2.35. The molecule has 0 aromatic heterocycles. The lowest BCUT2D eigenvalue weighted by molar-refractivity contribution is -0.137. The third-order valence-corrected chi connectivity index (χ3v) is 5.24. The number of alkyl halides is 5. The molecule has 29 heavy (non-hydrogen) atoms. The Morgan fingerprint density at radius 3 is 2.31 bits per heavy atom. The summed E-state index contributed by atoms with van der Waals surface area (Å²) in [5.41, 5.74) is 0.364. The van der Waals surface area contributed by atoms with Gasteiger partial charge in [-0.2, -0.15) is 13.2 Å². The van der Waals surface area contributed by atoms with E-state index in [1.807, 2.05) is 25.1 Å². The maximum Gasteiger partial charge on any atom is 0.416 e. The summed E-state index contributed by atoms with van der Waals surface area (Å²) in [6.07, 6.45) is -3.86. The van der Waals surface area contributed by atoms with E-state index in [0.29, 0.717) is 18.9 Å². The molecule has 1 aliphatic heterocycles. The smallest absolute Gasteiger partial charge is 0.308 e. The minimum absolute atomic E-state index is 0.0121. The van der Waals surface area contributed by atoms with Crippen molar-refractivity contribution >= 4 is 5.71 Å². The molecular formula is C22H23F5N2. The van der Waals surface area contributed by atoms with Crippen molar-refractivity contribution in [2.24, 2.45) is 4.99 Å². The van der Waals surface area contributed by atoms with E-state index in [2.05, 4.69) is 22.4 Å². The maximum atomic E-state index is 13.6. The molecule has 1 heterocycles. The third-order valence-electron chi connectivity index (χ3n) is 5.24. The molecule has 156 valence electrons. The van der Waals surface area contributed by atoms with E-state index in [-0.39, 0.29) is 18.2 Å². The Bertz CT molecular complexity index is 837. The molecule has 2 unspecified atom stereocenters. The van der Waals surface area contributed by atoms with E-state index < -0.39 is 23.2 Å². The van der Waals surface area contributed by atoms with Crippen molar-refractivity contribution in [2.75, 3.05) is 6.54 Å². The lowest BCUT2D eigenvalue weighted by atomic mass is 9.95. The second-order valence-corrected chi connectivity index (χ2v) is 7.57. The van der Waals surface area contributed by atoms with E-state index >= 15 is 0 Å². The molecule has 1 aliphatic rings. The van der Waals surface area contributed by atoms with E-state index in [1.165, 1.54) is 5.56 Å². The van der Waals surface area contributed by atoms with Crippen molar-refractivity contribution < 1.29 is 22.0 Å². The second-order valence-electron chi connectivity index (χ2n) is 7.57. The molecular weight excluding hydrogens is 387 g/mol. The highest BCUT2D eigenvalue weighted by molar-refractivity contribution is 5.87. The lowest BCUT2D eigenvalue weighted by Gasteiger charge is -2.16. The Morgan fingerprint density at radius 2 is 1.69 bits per heavy atom. The standard InChI is InChI=1S/C22H23F5N2/c1-14(20-10-17(13-29-20)16-6-4-3-5-7-16)28-12-15-8-18(21(2,23)24)11-19(9-15)22(25,26)27/h3-9,11,17,20,29H,10,12-13H2,1-2H3. The molecule has 1 N–H and O–H groups in total. The van der Waals surface area contributed by atoms with E-state index in [9.17, 15) is 22.0 Å². The third kappa shape index (κ3) is 5.41. The van der Waals surface area contributed by atoms with Gasteiger partial charge in [-0.1, -0.05) is 30.3 Å². The number of hydrogen-bond acceptors (Lipinski definition) is 2. The molecule has 2 nitrogen and oxygen atoms in total. The molecule has 7 heteroatoms. The molecule has 2 aromatic carbocycles. The van der Waals surface area contributed by atoms with Crippen LogP contribution in [-0.2, 0) is 18.6 Å². The fraction of sp³-hybridized carbons (Fsp3) is 0.409. The quantitative estimate of drug-likeness (QED) is 0.480. The number of aliphatic imine (C=N–C) groups is 1. The summed E-state index contributed by atoms with van der Waals surface area (Å²) in [6, 6.07) is 12.6. The second kappa shape index (κ2) is 8.22. The van der Waals surface area contributed by atoms with Gasteiger partial charge in [-0.05, 0) is 48.6 Å². The largest absolute Gasteiger partial charge is 0.416 e. The van der Waals surface area contributed by atoms with Gasteiger partial charge in [0, 0.05) is 30.8 Å². The molecule has 1 fully saturated rings. The average Bonchev–Trinajstić information content (AvgIpc) is 3.15. The van der Waals surface area contributed by atoms with E-state index in [4.69, 9.17) is 0 Å². The number of nitrogens with one attached hydrogen (secondary N) is 1. The Morgan fingerprint density at radius 1 is 1.03 bits per heavy atom. The fourth-order valence-electron chi connectivity index (χ4n) is 3.56. The van der Waals surface area contributed by atoms with Gasteiger partial charge in [-0.25, -0.2) is 8.78 Å². The monoisotopic (exact) mass is 410 g/mol. The first kappa shape index (κ1) is 21.4. The zero-order chi connectivity index (χ0) is 21.2. The first-order valence-corrected chi connectivity index (χ1v) is 9.43. The molecule has 2 atom stereocenters. The van der Waals surface area contributed by atoms with Crippen LogP contribution in [0.5, 0.6) is 0 Å². The van der Waals surface area contributed by atoms with Crippen LogP contribution < -0.4 is 5.32 Å². The summed E-state index contributed by atoms with van der Waals surface area (Å²) in [5.74, 6) is -3.02. The van der Waals surface area contributed by atoms with Crippen molar-refractivity contribution in [1.29, 1.82) is 0 Å². The van der Waals surface area contributed by atoms with Crippen LogP contribution in [0.1, 0.15) is 48.4 Å². The number of nitrogens with zero attached hydrogens (tertiary/aromatic N) is 1. The molecule has 0 radical (unpaired) electrons. The van der Waals surface area contributed by atoms with Gasteiger partial charge < -0.3 is 5.32 Å². The Labute approximate surface area is 166 Å². The summed E-state index contributed by atoms with van der Waals surface area (Å²) in [7, 11) is 0. The number of hydrogen-bond donors (Lipinski definition) is 1. The van der Waals surface area contributed by atoms with Gasteiger partial charge in [0.05, 0.1) is 12.1 Å². The van der Waals surface area contributed by atoms with Crippen molar-refractivity contribution in [3.8, 4) is 0 Å². The van der Waals surface area contributed by atoms with Gasteiger partial charge in [0.2, 0.25) is 0 Å². The van der Waals surface area contributed by atoms with Gasteiger partial charge in [0.15, 0.2) is 0 Å². The van der Waals surface area contributed by atoms with Crippen LogP contribution in [0.25, 0.3) is 0 Å². The van der Waals surface area contributed by atoms with Crippen LogP contribution in [0.4, 0.5) is 22.0 Å².